The van der Waals surface area contributed by atoms with Crippen LogP contribution in [0.1, 0.15) is 18.5 Å². The molecule has 13 heavy (non-hydrogen) atoms. The average molecular weight is 204 g/mol. The molecule has 72 valence electrons. The Morgan fingerprint density at radius 1 is 1.77 bits per heavy atom. The van der Waals surface area contributed by atoms with Crippen molar-refractivity contribution in [3.8, 4) is 0 Å². The highest BCUT2D eigenvalue weighted by Gasteiger charge is 2.47. The smallest absolute Gasteiger partial charge is 0.156 e. The zero-order valence-corrected chi connectivity index (χ0v) is 8.05. The molecule has 2 rings (SSSR count). The predicted octanol–water partition coefficient (Wildman–Crippen LogP) is 1.36. The van der Waals surface area contributed by atoms with Gasteiger partial charge in [-0.2, -0.15) is 5.10 Å². The molecule has 0 unspecified atom stereocenters. The van der Waals surface area contributed by atoms with E-state index in [1.165, 1.54) is 10.9 Å². The zero-order valence-electron chi connectivity index (χ0n) is 7.30. The first-order valence-electron chi connectivity index (χ1n) is 4.15. The van der Waals surface area contributed by atoms with E-state index in [1.807, 2.05) is 0 Å². The minimum atomic E-state index is -1.36. The molecule has 1 saturated carbocycles. The first kappa shape index (κ1) is 8.97. The van der Waals surface area contributed by atoms with Crippen molar-refractivity contribution in [2.75, 3.05) is 0 Å². The maximum atomic E-state index is 14.0. The number of hydrogen-bond donors (Lipinski definition) is 1. The molecule has 0 saturated heterocycles. The molecule has 0 aliphatic heterocycles. The molecule has 1 aliphatic carbocycles. The summed E-state index contributed by atoms with van der Waals surface area (Å²) in [5, 5.41) is 4.28. The summed E-state index contributed by atoms with van der Waals surface area (Å²) < 4.78 is 15.5. The van der Waals surface area contributed by atoms with Crippen LogP contribution in [0.2, 0.25) is 5.02 Å². The van der Waals surface area contributed by atoms with Crippen molar-refractivity contribution < 1.29 is 4.39 Å². The second-order valence-electron chi connectivity index (χ2n) is 3.60. The Hall–Kier alpha value is -0.610. The fourth-order valence-electron chi connectivity index (χ4n) is 1.88. The normalized spacial score (nSPS) is 33.1. The Morgan fingerprint density at radius 2 is 2.38 bits per heavy atom. The predicted molar refractivity (Wildman–Crippen MR) is 48.2 cm³/mol. The SMILES string of the molecule is Cn1ncc(Cl)c1C1(F)CC(N)C1. The number of aryl methyl sites for hydroxylation is 1. The molecule has 2 N–H and O–H groups in total. The fraction of sp³-hybridized carbons (Fsp3) is 0.625. The van der Waals surface area contributed by atoms with Gasteiger partial charge in [0.15, 0.2) is 5.67 Å². The third kappa shape index (κ3) is 1.25. The zero-order chi connectivity index (χ0) is 9.64. The summed E-state index contributed by atoms with van der Waals surface area (Å²) in [5.74, 6) is 0. The number of aromatic nitrogens is 2. The lowest BCUT2D eigenvalue weighted by Gasteiger charge is -2.39. The summed E-state index contributed by atoms with van der Waals surface area (Å²) in [7, 11) is 1.69. The molecule has 3 nitrogen and oxygen atoms in total. The Balaban J connectivity index is 2.35. The molecule has 0 radical (unpaired) electrons. The van der Waals surface area contributed by atoms with E-state index in [2.05, 4.69) is 5.10 Å². The summed E-state index contributed by atoms with van der Waals surface area (Å²) in [5.41, 5.74) is 4.64. The van der Waals surface area contributed by atoms with Gasteiger partial charge in [0.05, 0.1) is 16.9 Å². The van der Waals surface area contributed by atoms with Crippen LogP contribution in [-0.2, 0) is 12.7 Å². The second-order valence-corrected chi connectivity index (χ2v) is 4.01. The second kappa shape index (κ2) is 2.69. The van der Waals surface area contributed by atoms with Crippen molar-refractivity contribution in [3.63, 3.8) is 0 Å². The van der Waals surface area contributed by atoms with Crippen LogP contribution in [0.5, 0.6) is 0 Å². The standard InChI is InChI=1S/C8H11ClFN3/c1-13-7(6(9)4-12-13)8(10)2-5(11)3-8/h4-5H,2-3,11H2,1H3. The number of rotatable bonds is 1. The van der Waals surface area contributed by atoms with E-state index < -0.39 is 5.67 Å². The van der Waals surface area contributed by atoms with E-state index in [0.717, 1.165) is 0 Å². The molecule has 5 heteroatoms. The van der Waals surface area contributed by atoms with Crippen LogP contribution < -0.4 is 5.73 Å². The van der Waals surface area contributed by atoms with E-state index in [4.69, 9.17) is 17.3 Å². The minimum Gasteiger partial charge on any atom is -0.327 e. The van der Waals surface area contributed by atoms with Gasteiger partial charge in [-0.3, -0.25) is 4.68 Å². The van der Waals surface area contributed by atoms with Crippen molar-refractivity contribution in [1.82, 2.24) is 9.78 Å². The molecule has 1 aromatic heterocycles. The first-order chi connectivity index (χ1) is 6.03. The fourth-order valence-corrected chi connectivity index (χ4v) is 2.21. The molecule has 1 aliphatic rings. The van der Waals surface area contributed by atoms with Gasteiger partial charge in [0.1, 0.15) is 0 Å². The van der Waals surface area contributed by atoms with Gasteiger partial charge in [-0.1, -0.05) is 11.6 Å². The summed E-state index contributed by atoms with van der Waals surface area (Å²) in [4.78, 5) is 0. The highest BCUT2D eigenvalue weighted by atomic mass is 35.5. The summed E-state index contributed by atoms with van der Waals surface area (Å²) in [6.07, 6.45) is 2.14. The summed E-state index contributed by atoms with van der Waals surface area (Å²) in [6, 6.07) is -0.0454. The number of halogens is 2. The van der Waals surface area contributed by atoms with Gasteiger partial charge in [0.2, 0.25) is 0 Å². The lowest BCUT2D eigenvalue weighted by molar-refractivity contribution is 0.0322. The Bertz CT molecular complexity index is 311. The lowest BCUT2D eigenvalue weighted by atomic mass is 9.75. The van der Waals surface area contributed by atoms with Crippen molar-refractivity contribution >= 4 is 11.6 Å². The van der Waals surface area contributed by atoms with Gasteiger partial charge < -0.3 is 5.73 Å². The lowest BCUT2D eigenvalue weighted by Crippen LogP contribution is -2.47. The van der Waals surface area contributed by atoms with Crippen molar-refractivity contribution in [2.45, 2.75) is 24.6 Å². The third-order valence-electron chi connectivity index (χ3n) is 2.49. The van der Waals surface area contributed by atoms with Crippen LogP contribution in [0.25, 0.3) is 0 Å². The summed E-state index contributed by atoms with van der Waals surface area (Å²) >= 11 is 5.83. The molecule has 0 aromatic carbocycles. The Kier molecular flexibility index (Phi) is 1.85. The van der Waals surface area contributed by atoms with Gasteiger partial charge in [-0.25, -0.2) is 4.39 Å². The topological polar surface area (TPSA) is 43.8 Å². The van der Waals surface area contributed by atoms with E-state index in [9.17, 15) is 4.39 Å². The molecular weight excluding hydrogens is 193 g/mol. The third-order valence-corrected chi connectivity index (χ3v) is 2.77. The highest BCUT2D eigenvalue weighted by molar-refractivity contribution is 6.31. The van der Waals surface area contributed by atoms with Gasteiger partial charge in [0.25, 0.3) is 0 Å². The number of nitrogens with two attached hydrogens (primary N) is 1. The van der Waals surface area contributed by atoms with Gasteiger partial charge in [0, 0.05) is 25.9 Å². The van der Waals surface area contributed by atoms with Crippen LogP contribution in [0, 0.1) is 0 Å². The molecule has 0 atom stereocenters. The van der Waals surface area contributed by atoms with Gasteiger partial charge in [-0.05, 0) is 0 Å². The molecule has 0 spiro atoms. The van der Waals surface area contributed by atoms with E-state index in [1.54, 1.807) is 7.05 Å². The molecule has 1 heterocycles. The molecule has 0 amide bonds. The van der Waals surface area contributed by atoms with E-state index >= 15 is 0 Å². The minimum absolute atomic E-state index is 0.0454. The molecule has 1 aromatic rings. The quantitative estimate of drug-likeness (QED) is 0.749. The van der Waals surface area contributed by atoms with Crippen LogP contribution >= 0.6 is 11.6 Å². The van der Waals surface area contributed by atoms with E-state index in [0.29, 0.717) is 23.6 Å². The molecule has 1 fully saturated rings. The van der Waals surface area contributed by atoms with Crippen molar-refractivity contribution in [3.05, 3.63) is 16.9 Å². The average Bonchev–Trinajstić information content (AvgIpc) is 2.28. The maximum Gasteiger partial charge on any atom is 0.156 e. The summed E-state index contributed by atoms with van der Waals surface area (Å²) in [6.45, 7) is 0. The van der Waals surface area contributed by atoms with Crippen LogP contribution in [-0.4, -0.2) is 15.8 Å². The van der Waals surface area contributed by atoms with Gasteiger partial charge in [-0.15, -0.1) is 0 Å². The highest BCUT2D eigenvalue weighted by Crippen LogP contribution is 2.46. The van der Waals surface area contributed by atoms with Crippen molar-refractivity contribution in [2.24, 2.45) is 12.8 Å². The number of nitrogens with zero attached hydrogens (tertiary/aromatic N) is 2. The Morgan fingerprint density at radius 3 is 2.77 bits per heavy atom. The van der Waals surface area contributed by atoms with Crippen LogP contribution in [0.15, 0.2) is 6.20 Å². The van der Waals surface area contributed by atoms with Crippen LogP contribution in [0.3, 0.4) is 0 Å². The molecule has 0 bridgehead atoms. The van der Waals surface area contributed by atoms with Gasteiger partial charge >= 0.3 is 0 Å². The van der Waals surface area contributed by atoms with Crippen LogP contribution in [0.4, 0.5) is 4.39 Å². The first-order valence-corrected chi connectivity index (χ1v) is 4.53. The number of alkyl halides is 1. The Labute approximate surface area is 80.7 Å². The van der Waals surface area contributed by atoms with Crippen molar-refractivity contribution in [1.29, 1.82) is 0 Å². The van der Waals surface area contributed by atoms with E-state index in [-0.39, 0.29) is 6.04 Å². The molecular formula is C8H11ClFN3. The largest absolute Gasteiger partial charge is 0.327 e. The monoisotopic (exact) mass is 203 g/mol. The maximum absolute atomic E-state index is 14.0. The number of hydrogen-bond acceptors (Lipinski definition) is 2.